The molecule has 2 aromatic rings. The van der Waals surface area contributed by atoms with Crippen LogP contribution in [0, 0.1) is 6.92 Å². The Labute approximate surface area is 123 Å². The van der Waals surface area contributed by atoms with Crippen LogP contribution in [0.3, 0.4) is 0 Å². The highest BCUT2D eigenvalue weighted by molar-refractivity contribution is 6.31. The Morgan fingerprint density at radius 2 is 2.10 bits per heavy atom. The molecule has 104 valence electrons. The van der Waals surface area contributed by atoms with E-state index < -0.39 is 0 Å². The third kappa shape index (κ3) is 3.08. The van der Waals surface area contributed by atoms with Gasteiger partial charge in [-0.25, -0.2) is 0 Å². The summed E-state index contributed by atoms with van der Waals surface area (Å²) in [5.74, 6) is -0.209. The van der Waals surface area contributed by atoms with E-state index in [0.29, 0.717) is 16.3 Å². The van der Waals surface area contributed by atoms with E-state index in [1.54, 1.807) is 30.6 Å². The Kier molecular flexibility index (Phi) is 4.58. The molecule has 2 N–H and O–H groups in total. The van der Waals surface area contributed by atoms with Crippen molar-refractivity contribution < 1.29 is 4.79 Å². The van der Waals surface area contributed by atoms with Crippen molar-refractivity contribution in [2.24, 2.45) is 0 Å². The molecule has 0 aliphatic carbocycles. The fraction of sp³-hybridized carbons (Fsp3) is 0.200. The number of rotatable bonds is 4. The molecule has 5 heteroatoms. The van der Waals surface area contributed by atoms with E-state index in [9.17, 15) is 4.79 Å². The molecule has 0 unspecified atom stereocenters. The van der Waals surface area contributed by atoms with Gasteiger partial charge in [-0.15, -0.1) is 0 Å². The third-order valence-corrected chi connectivity index (χ3v) is 3.36. The zero-order valence-corrected chi connectivity index (χ0v) is 12.2. The predicted octanol–water partition coefficient (Wildman–Crippen LogP) is 3.73. The topological polar surface area (TPSA) is 54.0 Å². The van der Waals surface area contributed by atoms with E-state index in [0.717, 1.165) is 17.8 Å². The molecule has 1 aromatic heterocycles. The summed E-state index contributed by atoms with van der Waals surface area (Å²) in [5.41, 5.74) is 2.82. The lowest BCUT2D eigenvalue weighted by Gasteiger charge is -2.12. The largest absolute Gasteiger partial charge is 0.385 e. The number of carbonyl (C=O) groups excluding carboxylic acids is 1. The standard InChI is InChI=1S/C15H16ClN3O/c1-3-18-14-7-8-17-9-11(14)15(20)19-13-6-4-5-12(16)10(13)2/h4-9H,3H2,1-2H3,(H,17,18)(H,19,20). The highest BCUT2D eigenvalue weighted by atomic mass is 35.5. The van der Waals surface area contributed by atoms with Gasteiger partial charge < -0.3 is 10.6 Å². The number of hydrogen-bond donors (Lipinski definition) is 2. The zero-order valence-electron chi connectivity index (χ0n) is 11.4. The Balaban J connectivity index is 2.26. The van der Waals surface area contributed by atoms with E-state index in [1.165, 1.54) is 0 Å². The second-order valence-corrected chi connectivity index (χ2v) is 4.73. The number of amides is 1. The number of hydrogen-bond acceptors (Lipinski definition) is 3. The minimum Gasteiger partial charge on any atom is -0.385 e. The smallest absolute Gasteiger partial charge is 0.259 e. The normalized spacial score (nSPS) is 10.2. The molecule has 1 amide bonds. The summed E-state index contributed by atoms with van der Waals surface area (Å²) in [7, 11) is 0. The maximum absolute atomic E-state index is 12.3. The second kappa shape index (κ2) is 6.39. The first-order valence-electron chi connectivity index (χ1n) is 6.37. The van der Waals surface area contributed by atoms with Gasteiger partial charge in [0, 0.05) is 29.6 Å². The predicted molar refractivity (Wildman–Crippen MR) is 82.5 cm³/mol. The van der Waals surface area contributed by atoms with Gasteiger partial charge in [0.2, 0.25) is 0 Å². The molecule has 0 spiro atoms. The van der Waals surface area contributed by atoms with E-state index in [4.69, 9.17) is 11.6 Å². The summed E-state index contributed by atoms with van der Waals surface area (Å²) < 4.78 is 0. The number of carbonyl (C=O) groups is 1. The van der Waals surface area contributed by atoms with E-state index in [1.807, 2.05) is 19.9 Å². The number of anilines is 2. The Morgan fingerprint density at radius 1 is 1.30 bits per heavy atom. The van der Waals surface area contributed by atoms with Crippen molar-refractivity contribution in [1.29, 1.82) is 0 Å². The fourth-order valence-electron chi connectivity index (χ4n) is 1.85. The summed E-state index contributed by atoms with van der Waals surface area (Å²) in [6, 6.07) is 7.20. The van der Waals surface area contributed by atoms with Crippen molar-refractivity contribution in [2.45, 2.75) is 13.8 Å². The minimum atomic E-state index is -0.209. The third-order valence-electron chi connectivity index (χ3n) is 2.95. The van der Waals surface area contributed by atoms with Crippen LogP contribution in [0.15, 0.2) is 36.7 Å². The second-order valence-electron chi connectivity index (χ2n) is 4.32. The van der Waals surface area contributed by atoms with Crippen LogP contribution in [0.25, 0.3) is 0 Å². The Bertz CT molecular complexity index is 628. The molecule has 0 bridgehead atoms. The van der Waals surface area contributed by atoms with Crippen LogP contribution in [0.2, 0.25) is 5.02 Å². The molecule has 2 rings (SSSR count). The Morgan fingerprint density at radius 3 is 2.85 bits per heavy atom. The summed E-state index contributed by atoms with van der Waals surface area (Å²) in [6.07, 6.45) is 3.20. The molecule has 4 nitrogen and oxygen atoms in total. The summed E-state index contributed by atoms with van der Waals surface area (Å²) in [5, 5.41) is 6.63. The lowest BCUT2D eigenvalue weighted by molar-refractivity contribution is 0.102. The minimum absolute atomic E-state index is 0.209. The van der Waals surface area contributed by atoms with Gasteiger partial charge in [0.15, 0.2) is 0 Å². The maximum Gasteiger partial charge on any atom is 0.259 e. The monoisotopic (exact) mass is 289 g/mol. The molecule has 1 heterocycles. The van der Waals surface area contributed by atoms with Crippen LogP contribution in [-0.2, 0) is 0 Å². The first-order chi connectivity index (χ1) is 9.63. The fourth-order valence-corrected chi connectivity index (χ4v) is 2.03. The lowest BCUT2D eigenvalue weighted by atomic mass is 10.1. The van der Waals surface area contributed by atoms with Crippen molar-refractivity contribution in [1.82, 2.24) is 4.98 Å². The van der Waals surface area contributed by atoms with Gasteiger partial charge in [0.1, 0.15) is 0 Å². The highest BCUT2D eigenvalue weighted by Gasteiger charge is 2.13. The van der Waals surface area contributed by atoms with Crippen LogP contribution in [-0.4, -0.2) is 17.4 Å². The zero-order chi connectivity index (χ0) is 14.5. The average molecular weight is 290 g/mol. The number of nitrogens with one attached hydrogen (secondary N) is 2. The van der Waals surface area contributed by atoms with Gasteiger partial charge in [-0.05, 0) is 37.6 Å². The van der Waals surface area contributed by atoms with E-state index in [-0.39, 0.29) is 5.91 Å². The maximum atomic E-state index is 12.3. The molecule has 0 aliphatic rings. The molecule has 0 saturated carbocycles. The molecule has 0 aliphatic heterocycles. The lowest BCUT2D eigenvalue weighted by Crippen LogP contribution is -2.15. The number of benzene rings is 1. The van der Waals surface area contributed by atoms with Crippen molar-refractivity contribution >= 4 is 28.9 Å². The van der Waals surface area contributed by atoms with Gasteiger partial charge in [-0.2, -0.15) is 0 Å². The van der Waals surface area contributed by atoms with E-state index in [2.05, 4.69) is 15.6 Å². The average Bonchev–Trinajstić information content (AvgIpc) is 2.45. The van der Waals surface area contributed by atoms with Crippen molar-refractivity contribution in [2.75, 3.05) is 17.2 Å². The van der Waals surface area contributed by atoms with Gasteiger partial charge in [-0.1, -0.05) is 17.7 Å². The van der Waals surface area contributed by atoms with E-state index >= 15 is 0 Å². The molecular weight excluding hydrogens is 274 g/mol. The molecular formula is C15H16ClN3O. The molecule has 0 atom stereocenters. The molecule has 0 saturated heterocycles. The van der Waals surface area contributed by atoms with Crippen LogP contribution < -0.4 is 10.6 Å². The quantitative estimate of drug-likeness (QED) is 0.902. The SMILES string of the molecule is CCNc1ccncc1C(=O)Nc1cccc(Cl)c1C. The first kappa shape index (κ1) is 14.3. The van der Waals surface area contributed by atoms with Crippen LogP contribution in [0.1, 0.15) is 22.8 Å². The van der Waals surface area contributed by atoms with Crippen molar-refractivity contribution in [3.63, 3.8) is 0 Å². The van der Waals surface area contributed by atoms with Gasteiger partial charge in [0.25, 0.3) is 5.91 Å². The molecule has 0 radical (unpaired) electrons. The number of aromatic nitrogens is 1. The van der Waals surface area contributed by atoms with Crippen molar-refractivity contribution in [3.8, 4) is 0 Å². The van der Waals surface area contributed by atoms with Crippen LogP contribution >= 0.6 is 11.6 Å². The molecule has 1 aromatic carbocycles. The van der Waals surface area contributed by atoms with Gasteiger partial charge in [0.05, 0.1) is 11.3 Å². The number of pyridine rings is 1. The first-order valence-corrected chi connectivity index (χ1v) is 6.75. The molecule has 0 fully saturated rings. The summed E-state index contributed by atoms with van der Waals surface area (Å²) in [6.45, 7) is 4.58. The molecule has 20 heavy (non-hydrogen) atoms. The summed E-state index contributed by atoms with van der Waals surface area (Å²) in [4.78, 5) is 16.3. The summed E-state index contributed by atoms with van der Waals surface area (Å²) >= 11 is 6.05. The van der Waals surface area contributed by atoms with Gasteiger partial charge >= 0.3 is 0 Å². The van der Waals surface area contributed by atoms with Crippen LogP contribution in [0.4, 0.5) is 11.4 Å². The van der Waals surface area contributed by atoms with Gasteiger partial charge in [-0.3, -0.25) is 9.78 Å². The number of nitrogens with zero attached hydrogens (tertiary/aromatic N) is 1. The Hall–Kier alpha value is -2.07. The highest BCUT2D eigenvalue weighted by Crippen LogP contribution is 2.24. The number of halogens is 1. The van der Waals surface area contributed by atoms with Crippen molar-refractivity contribution in [3.05, 3.63) is 52.8 Å². The van der Waals surface area contributed by atoms with Crippen LogP contribution in [0.5, 0.6) is 0 Å².